The van der Waals surface area contributed by atoms with Crippen LogP contribution in [0.15, 0.2) is 66.7 Å². The summed E-state index contributed by atoms with van der Waals surface area (Å²) in [5, 5.41) is 10.0. The predicted octanol–water partition coefficient (Wildman–Crippen LogP) is 5.17. The molecule has 2 atom stereocenters. The van der Waals surface area contributed by atoms with Crippen LogP contribution in [-0.4, -0.2) is 98.6 Å². The number of fused-ring (bicyclic) bond motifs is 6. The summed E-state index contributed by atoms with van der Waals surface area (Å²) >= 11 is 0. The summed E-state index contributed by atoms with van der Waals surface area (Å²) in [6.07, 6.45) is 3.02. The number of phenolic OH excluding ortho intramolecular Hbond substituents is 1. The van der Waals surface area contributed by atoms with Crippen LogP contribution in [0.3, 0.4) is 0 Å². The Labute approximate surface area is 331 Å². The first-order valence-electron chi connectivity index (χ1n) is 19.3. The molecule has 0 radical (unpaired) electrons. The lowest BCUT2D eigenvalue weighted by Gasteiger charge is -2.39. The average molecular weight is 775 g/mol. The number of unbranched alkanes of at least 4 members (excludes halogenated alkanes) is 2. The number of amides is 3. The molecule has 4 aromatic rings. The molecular formula is C44H46N4O9. The molecule has 13 nitrogen and oxygen atoms in total. The molecule has 0 aliphatic carbocycles. The number of phenols is 1. The number of nitrogens with zero attached hydrogens (tertiary/aromatic N) is 4. The van der Waals surface area contributed by atoms with Gasteiger partial charge in [-0.05, 0) is 65.8 Å². The van der Waals surface area contributed by atoms with E-state index in [1.54, 1.807) is 66.4 Å². The fourth-order valence-electron chi connectivity index (χ4n) is 8.43. The third-order valence-corrected chi connectivity index (χ3v) is 11.6. The van der Waals surface area contributed by atoms with Crippen LogP contribution in [-0.2, 0) is 35.5 Å². The molecule has 4 heterocycles. The number of ketones is 1. The summed E-state index contributed by atoms with van der Waals surface area (Å²) in [5.41, 5.74) is 5.74. The second kappa shape index (κ2) is 15.4. The van der Waals surface area contributed by atoms with Crippen molar-refractivity contribution < 1.29 is 43.2 Å². The lowest BCUT2D eigenvalue weighted by molar-refractivity contribution is -0.123. The van der Waals surface area contributed by atoms with Crippen LogP contribution in [0.4, 0.5) is 11.4 Å². The van der Waals surface area contributed by atoms with Gasteiger partial charge in [0.15, 0.2) is 28.8 Å². The van der Waals surface area contributed by atoms with E-state index in [0.717, 1.165) is 28.7 Å². The largest absolute Gasteiger partial charge is 0.508 e. The first-order valence-corrected chi connectivity index (χ1v) is 19.3. The number of carbonyl (C=O) groups excluding carboxylic acids is 4. The second-order valence-corrected chi connectivity index (χ2v) is 15.0. The molecule has 0 bridgehead atoms. The highest BCUT2D eigenvalue weighted by atomic mass is 16.5. The number of methoxy groups -OCH3 is 2. The van der Waals surface area contributed by atoms with Crippen molar-refractivity contribution >= 4 is 34.9 Å². The van der Waals surface area contributed by atoms with Crippen LogP contribution >= 0.6 is 0 Å². The van der Waals surface area contributed by atoms with Crippen molar-refractivity contribution in [3.05, 3.63) is 100 Å². The van der Waals surface area contributed by atoms with Crippen molar-refractivity contribution in [2.45, 2.75) is 57.3 Å². The molecule has 0 spiro atoms. The van der Waals surface area contributed by atoms with Crippen molar-refractivity contribution in [3.8, 4) is 28.7 Å². The van der Waals surface area contributed by atoms with Gasteiger partial charge in [-0.15, -0.1) is 0 Å². The van der Waals surface area contributed by atoms with Crippen molar-refractivity contribution in [3.63, 3.8) is 0 Å². The maximum Gasteiger partial charge on any atom is 0.257 e. The minimum atomic E-state index is -0.673. The van der Waals surface area contributed by atoms with Crippen LogP contribution in [0.1, 0.15) is 62.2 Å². The van der Waals surface area contributed by atoms with Crippen molar-refractivity contribution in [1.29, 1.82) is 0 Å². The second-order valence-electron chi connectivity index (χ2n) is 15.0. The molecule has 296 valence electrons. The summed E-state index contributed by atoms with van der Waals surface area (Å²) in [5.74, 6) is 1.14. The van der Waals surface area contributed by atoms with E-state index >= 15 is 0 Å². The SMILES string of the molecule is COc1cc2c(cc1OCCCCCOc1cc3c(cc1OC)C(=O)N1Cc4cc(O)ccc4C[C@H]1C(=O)N3C)N(C)CC(=O)[C@@H]1Cc3ccccc3CN1C2=O. The minimum Gasteiger partial charge on any atom is -0.508 e. The Morgan fingerprint density at radius 2 is 1.18 bits per heavy atom. The van der Waals surface area contributed by atoms with Gasteiger partial charge >= 0.3 is 0 Å². The number of ether oxygens (including phenoxy) is 4. The Morgan fingerprint density at radius 3 is 1.84 bits per heavy atom. The van der Waals surface area contributed by atoms with E-state index in [1.165, 1.54) is 12.0 Å². The number of carbonyl (C=O) groups is 4. The van der Waals surface area contributed by atoms with Crippen LogP contribution in [0, 0.1) is 0 Å². The van der Waals surface area contributed by atoms with Crippen LogP contribution < -0.4 is 28.7 Å². The number of aromatic hydroxyl groups is 1. The number of anilines is 2. The summed E-state index contributed by atoms with van der Waals surface area (Å²) < 4.78 is 23.7. The van der Waals surface area contributed by atoms with Gasteiger partial charge in [0.25, 0.3) is 11.8 Å². The van der Waals surface area contributed by atoms with Gasteiger partial charge in [0.1, 0.15) is 11.8 Å². The normalized spacial score (nSPS) is 18.6. The molecule has 4 aliphatic rings. The first kappa shape index (κ1) is 37.7. The predicted molar refractivity (Wildman–Crippen MR) is 212 cm³/mol. The summed E-state index contributed by atoms with van der Waals surface area (Å²) in [7, 11) is 6.54. The number of likely N-dealkylation sites (N-methyl/N-ethyl adjacent to an activating group) is 2. The van der Waals surface area contributed by atoms with Gasteiger partial charge < -0.3 is 43.7 Å². The molecule has 0 saturated heterocycles. The third-order valence-electron chi connectivity index (χ3n) is 11.6. The molecule has 1 N–H and O–H groups in total. The van der Waals surface area contributed by atoms with E-state index < -0.39 is 12.1 Å². The molecule has 57 heavy (non-hydrogen) atoms. The van der Waals surface area contributed by atoms with Gasteiger partial charge in [0.05, 0.1) is 62.5 Å². The maximum atomic E-state index is 14.0. The first-order chi connectivity index (χ1) is 27.6. The summed E-state index contributed by atoms with van der Waals surface area (Å²) in [4.78, 5) is 61.7. The molecule has 0 unspecified atom stereocenters. The van der Waals surface area contributed by atoms with E-state index in [1.807, 2.05) is 36.2 Å². The van der Waals surface area contributed by atoms with E-state index in [2.05, 4.69) is 0 Å². The Balaban J connectivity index is 0.897. The Morgan fingerprint density at radius 1 is 0.614 bits per heavy atom. The topological polar surface area (TPSA) is 138 Å². The van der Waals surface area contributed by atoms with E-state index in [0.29, 0.717) is 90.9 Å². The molecule has 4 aliphatic heterocycles. The number of benzene rings is 4. The molecule has 0 aromatic heterocycles. The van der Waals surface area contributed by atoms with Crippen LogP contribution in [0.2, 0.25) is 0 Å². The van der Waals surface area contributed by atoms with E-state index in [4.69, 9.17) is 18.9 Å². The lowest BCUT2D eigenvalue weighted by Crippen LogP contribution is -2.53. The van der Waals surface area contributed by atoms with Gasteiger partial charge in [-0.1, -0.05) is 30.3 Å². The molecule has 4 aromatic carbocycles. The monoisotopic (exact) mass is 774 g/mol. The molecule has 13 heteroatoms. The van der Waals surface area contributed by atoms with Gasteiger partial charge in [-0.2, -0.15) is 0 Å². The fraction of sp³-hybridized carbons (Fsp3) is 0.364. The maximum absolute atomic E-state index is 14.0. The zero-order valence-corrected chi connectivity index (χ0v) is 32.6. The average Bonchev–Trinajstić information content (AvgIpc) is 3.29. The highest BCUT2D eigenvalue weighted by Crippen LogP contribution is 2.41. The molecule has 3 amide bonds. The van der Waals surface area contributed by atoms with Crippen LogP contribution in [0.5, 0.6) is 28.7 Å². The molecule has 0 fully saturated rings. The molecular weight excluding hydrogens is 729 g/mol. The highest BCUT2D eigenvalue weighted by molar-refractivity contribution is 6.11. The Bertz CT molecular complexity index is 2270. The fourth-order valence-corrected chi connectivity index (χ4v) is 8.43. The van der Waals surface area contributed by atoms with Gasteiger partial charge in [0.2, 0.25) is 5.91 Å². The standard InChI is InChI=1S/C44H46N4O9/c1-45-25-37(50)35-17-26-10-6-7-11-28(26)23-47(35)42(51)31-19-38(54-3)40(21-33(31)45)56-14-8-5-9-15-57-41-22-34-32(20-39(41)55-4)43(52)48-24-29-16-30(49)13-12-27(29)18-36(48)44(53)46(34)2/h6-7,10-13,16,19-22,35-36,49H,5,8-9,14-15,17-18,23-25H2,1-4H3/t35-,36-/m0/s1. The number of hydrogen-bond acceptors (Lipinski definition) is 10. The van der Waals surface area contributed by atoms with E-state index in [-0.39, 0.29) is 42.3 Å². The number of rotatable bonds is 10. The summed E-state index contributed by atoms with van der Waals surface area (Å²) in [6, 6.07) is 18.6. The van der Waals surface area contributed by atoms with Gasteiger partial charge in [-0.3, -0.25) is 19.2 Å². The van der Waals surface area contributed by atoms with E-state index in [9.17, 15) is 24.3 Å². The third kappa shape index (κ3) is 6.95. The summed E-state index contributed by atoms with van der Waals surface area (Å²) in [6.45, 7) is 1.49. The highest BCUT2D eigenvalue weighted by Gasteiger charge is 2.42. The minimum absolute atomic E-state index is 0.00591. The van der Waals surface area contributed by atoms with Crippen LogP contribution in [0.25, 0.3) is 0 Å². The van der Waals surface area contributed by atoms with Gasteiger partial charge in [0, 0.05) is 52.2 Å². The van der Waals surface area contributed by atoms with Crippen molar-refractivity contribution in [2.24, 2.45) is 0 Å². The number of hydrogen-bond donors (Lipinski definition) is 1. The Kier molecular flexibility index (Phi) is 10.2. The van der Waals surface area contributed by atoms with Crippen molar-refractivity contribution in [1.82, 2.24) is 9.80 Å². The smallest absolute Gasteiger partial charge is 0.257 e. The molecule has 0 saturated carbocycles. The lowest BCUT2D eigenvalue weighted by atomic mass is 9.90. The molecule has 8 rings (SSSR count). The Hall–Kier alpha value is -6.24. The van der Waals surface area contributed by atoms with Gasteiger partial charge in [-0.25, -0.2) is 0 Å². The zero-order valence-electron chi connectivity index (χ0n) is 32.6. The quantitative estimate of drug-likeness (QED) is 0.215. The number of Topliss-reactive ketones (excluding diaryl/α,β-unsaturated/α-hetero) is 1. The zero-order chi connectivity index (χ0) is 40.0. The van der Waals surface area contributed by atoms with Crippen molar-refractivity contribution in [2.75, 3.05) is 57.9 Å².